The minimum Gasteiger partial charge on any atom is -0.504 e. The number of ether oxygens (including phenoxy) is 1. The number of nitrogens with one attached hydrogen (secondary N) is 1. The van der Waals surface area contributed by atoms with Crippen LogP contribution in [0.4, 0.5) is 5.82 Å². The van der Waals surface area contributed by atoms with Crippen LogP contribution in [0.25, 0.3) is 11.2 Å². The van der Waals surface area contributed by atoms with Crippen LogP contribution in [-0.2, 0) is 6.54 Å². The molecule has 124 valence electrons. The van der Waals surface area contributed by atoms with Gasteiger partial charge in [0.05, 0.1) is 13.4 Å². The van der Waals surface area contributed by atoms with Gasteiger partial charge in [-0.05, 0) is 30.5 Å². The van der Waals surface area contributed by atoms with Crippen molar-refractivity contribution in [3.63, 3.8) is 0 Å². The van der Waals surface area contributed by atoms with Gasteiger partial charge < -0.3 is 19.7 Å². The first kappa shape index (κ1) is 15.0. The summed E-state index contributed by atoms with van der Waals surface area (Å²) in [7, 11) is 1.52. The maximum Gasteiger partial charge on any atom is 0.226 e. The lowest BCUT2D eigenvalue weighted by Crippen LogP contribution is -2.04. The number of aromatic nitrogens is 4. The Kier molecular flexibility index (Phi) is 3.65. The van der Waals surface area contributed by atoms with Crippen molar-refractivity contribution < 1.29 is 9.84 Å². The zero-order valence-corrected chi connectivity index (χ0v) is 13.8. The van der Waals surface area contributed by atoms with Gasteiger partial charge in [-0.2, -0.15) is 9.97 Å². The highest BCUT2D eigenvalue weighted by atomic mass is 35.5. The number of methoxy groups -OCH3 is 1. The van der Waals surface area contributed by atoms with Gasteiger partial charge in [-0.15, -0.1) is 0 Å². The molecule has 1 fully saturated rings. The Morgan fingerprint density at radius 3 is 2.96 bits per heavy atom. The number of aromatic hydroxyl groups is 1. The van der Waals surface area contributed by atoms with E-state index in [4.69, 9.17) is 16.3 Å². The molecule has 24 heavy (non-hydrogen) atoms. The summed E-state index contributed by atoms with van der Waals surface area (Å²) in [5.74, 6) is 1.08. The Morgan fingerprint density at radius 1 is 1.38 bits per heavy atom. The van der Waals surface area contributed by atoms with E-state index in [0.29, 0.717) is 35.2 Å². The second-order valence-corrected chi connectivity index (χ2v) is 6.06. The summed E-state index contributed by atoms with van der Waals surface area (Å²) in [6, 6.07) is 5.79. The predicted molar refractivity (Wildman–Crippen MR) is 90.6 cm³/mol. The molecular weight excluding hydrogens is 330 g/mol. The molecule has 1 aliphatic carbocycles. The number of phenols is 1. The van der Waals surface area contributed by atoms with E-state index in [0.717, 1.165) is 18.5 Å². The summed E-state index contributed by atoms with van der Waals surface area (Å²) in [5, 5.41) is 13.5. The number of imidazole rings is 1. The number of phenolic OH excluding ortho intramolecular Hbond substituents is 1. The highest BCUT2D eigenvalue weighted by Gasteiger charge is 2.26. The Bertz CT molecular complexity index is 907. The zero-order chi connectivity index (χ0) is 16.7. The Balaban J connectivity index is 1.65. The van der Waals surface area contributed by atoms with Crippen LogP contribution >= 0.6 is 11.6 Å². The molecule has 0 aliphatic heterocycles. The van der Waals surface area contributed by atoms with Crippen LogP contribution < -0.4 is 10.1 Å². The number of hydrogen-bond donors (Lipinski definition) is 2. The summed E-state index contributed by atoms with van der Waals surface area (Å²) in [6.07, 6.45) is 4.04. The van der Waals surface area contributed by atoms with E-state index < -0.39 is 0 Å². The maximum atomic E-state index is 10.2. The standard InChI is InChI=1S/C16H16ClN5O2/c1-24-11-4-2-3-9(13(11)23)7-18-14-12-15(21-16(17)20-14)22(8-19-12)10-5-6-10/h2-4,8,10,23H,5-7H2,1H3,(H,18,20,21). The number of anilines is 1. The normalized spacial score (nSPS) is 14.1. The van der Waals surface area contributed by atoms with E-state index in [1.165, 1.54) is 7.11 Å². The van der Waals surface area contributed by atoms with Crippen molar-refractivity contribution in [3.8, 4) is 11.5 Å². The maximum absolute atomic E-state index is 10.2. The highest BCUT2D eigenvalue weighted by Crippen LogP contribution is 2.37. The molecule has 0 atom stereocenters. The SMILES string of the molecule is COc1cccc(CNc2nc(Cl)nc3c2ncn3C2CC2)c1O. The molecule has 0 amide bonds. The first-order chi connectivity index (χ1) is 11.7. The first-order valence-corrected chi connectivity index (χ1v) is 8.04. The third-order valence-corrected chi connectivity index (χ3v) is 4.25. The second-order valence-electron chi connectivity index (χ2n) is 5.72. The summed E-state index contributed by atoms with van der Waals surface area (Å²) in [4.78, 5) is 13.0. The Labute approximate surface area is 143 Å². The lowest BCUT2D eigenvalue weighted by atomic mass is 10.2. The molecule has 2 aromatic heterocycles. The molecule has 0 saturated heterocycles. The van der Waals surface area contributed by atoms with E-state index in [2.05, 4.69) is 20.3 Å². The van der Waals surface area contributed by atoms with Crippen molar-refractivity contribution in [1.29, 1.82) is 0 Å². The molecule has 0 spiro atoms. The number of benzene rings is 1. The van der Waals surface area contributed by atoms with Crippen molar-refractivity contribution in [2.75, 3.05) is 12.4 Å². The van der Waals surface area contributed by atoms with Gasteiger partial charge in [0.1, 0.15) is 0 Å². The zero-order valence-electron chi connectivity index (χ0n) is 13.0. The minimum atomic E-state index is 0.104. The topological polar surface area (TPSA) is 85.1 Å². The van der Waals surface area contributed by atoms with Gasteiger partial charge in [-0.1, -0.05) is 12.1 Å². The molecule has 3 aromatic rings. The lowest BCUT2D eigenvalue weighted by molar-refractivity contribution is 0.371. The van der Waals surface area contributed by atoms with Crippen molar-refractivity contribution in [2.45, 2.75) is 25.4 Å². The van der Waals surface area contributed by atoms with E-state index in [-0.39, 0.29) is 11.0 Å². The minimum absolute atomic E-state index is 0.104. The molecule has 0 unspecified atom stereocenters. The lowest BCUT2D eigenvalue weighted by Gasteiger charge is -2.11. The molecule has 4 rings (SSSR count). The molecule has 8 heteroatoms. The van der Waals surface area contributed by atoms with Crippen molar-refractivity contribution in [1.82, 2.24) is 19.5 Å². The van der Waals surface area contributed by atoms with Gasteiger partial charge in [0.2, 0.25) is 5.28 Å². The summed E-state index contributed by atoms with van der Waals surface area (Å²) in [6.45, 7) is 0.363. The van der Waals surface area contributed by atoms with E-state index in [1.807, 2.05) is 16.7 Å². The molecule has 0 radical (unpaired) electrons. The average molecular weight is 346 g/mol. The van der Waals surface area contributed by atoms with Gasteiger partial charge in [0.25, 0.3) is 0 Å². The third kappa shape index (κ3) is 2.60. The van der Waals surface area contributed by atoms with E-state index >= 15 is 0 Å². The van der Waals surface area contributed by atoms with Gasteiger partial charge >= 0.3 is 0 Å². The third-order valence-electron chi connectivity index (χ3n) is 4.08. The molecule has 1 aromatic carbocycles. The molecule has 0 bridgehead atoms. The quantitative estimate of drug-likeness (QED) is 0.691. The second kappa shape index (κ2) is 5.83. The first-order valence-electron chi connectivity index (χ1n) is 7.66. The number of para-hydroxylation sites is 1. The summed E-state index contributed by atoms with van der Waals surface area (Å²) >= 11 is 6.07. The van der Waals surface area contributed by atoms with Crippen molar-refractivity contribution >= 4 is 28.6 Å². The number of nitrogens with zero attached hydrogens (tertiary/aromatic N) is 4. The highest BCUT2D eigenvalue weighted by molar-refractivity contribution is 6.28. The Hall–Kier alpha value is -2.54. The monoisotopic (exact) mass is 345 g/mol. The fraction of sp³-hybridized carbons (Fsp3) is 0.312. The molecule has 1 saturated carbocycles. The van der Waals surface area contributed by atoms with Crippen LogP contribution in [0.2, 0.25) is 5.28 Å². The van der Waals surface area contributed by atoms with Crippen molar-refractivity contribution in [3.05, 3.63) is 35.4 Å². The average Bonchev–Trinajstić information content (AvgIpc) is 3.33. The molecule has 1 aliphatic rings. The molecular formula is C16H16ClN5O2. The van der Waals surface area contributed by atoms with E-state index in [9.17, 15) is 5.11 Å². The van der Waals surface area contributed by atoms with Crippen LogP contribution in [0.15, 0.2) is 24.5 Å². The fourth-order valence-corrected chi connectivity index (χ4v) is 2.85. The fourth-order valence-electron chi connectivity index (χ4n) is 2.69. The van der Waals surface area contributed by atoms with Crippen LogP contribution in [0.3, 0.4) is 0 Å². The van der Waals surface area contributed by atoms with Gasteiger partial charge in [-0.25, -0.2) is 4.98 Å². The smallest absolute Gasteiger partial charge is 0.226 e. The summed E-state index contributed by atoms with van der Waals surface area (Å²) < 4.78 is 7.16. The molecule has 2 heterocycles. The van der Waals surface area contributed by atoms with Crippen LogP contribution in [0.1, 0.15) is 24.4 Å². The molecule has 2 N–H and O–H groups in total. The van der Waals surface area contributed by atoms with Crippen LogP contribution in [-0.4, -0.2) is 31.7 Å². The van der Waals surface area contributed by atoms with Crippen LogP contribution in [0.5, 0.6) is 11.5 Å². The van der Waals surface area contributed by atoms with Crippen LogP contribution in [0, 0.1) is 0 Å². The molecule has 7 nitrogen and oxygen atoms in total. The van der Waals surface area contributed by atoms with Gasteiger partial charge in [-0.3, -0.25) is 0 Å². The predicted octanol–water partition coefficient (Wildman–Crippen LogP) is 3.14. The number of fused-ring (bicyclic) bond motifs is 1. The van der Waals surface area contributed by atoms with Crippen molar-refractivity contribution in [2.24, 2.45) is 0 Å². The number of halogens is 1. The number of rotatable bonds is 5. The Morgan fingerprint density at radius 2 is 2.21 bits per heavy atom. The van der Waals surface area contributed by atoms with E-state index in [1.54, 1.807) is 12.4 Å². The summed E-state index contributed by atoms with van der Waals surface area (Å²) in [5.41, 5.74) is 2.10. The number of hydrogen-bond acceptors (Lipinski definition) is 6. The van der Waals surface area contributed by atoms with Gasteiger partial charge in [0, 0.05) is 18.2 Å². The largest absolute Gasteiger partial charge is 0.504 e. The van der Waals surface area contributed by atoms with Gasteiger partial charge in [0.15, 0.2) is 28.5 Å².